The average molecular weight is 375 g/mol. The van der Waals surface area contributed by atoms with Gasteiger partial charge in [-0.2, -0.15) is 13.2 Å². The smallest absolute Gasteiger partial charge is 0.378 e. The number of rotatable bonds is 5. The van der Waals surface area contributed by atoms with Gasteiger partial charge in [-0.15, -0.1) is 0 Å². The molecule has 0 aliphatic heterocycles. The second-order valence-electron chi connectivity index (χ2n) is 3.50. The van der Waals surface area contributed by atoms with Crippen LogP contribution in [0.25, 0.3) is 0 Å². The Labute approximate surface area is 116 Å². The Morgan fingerprint density at radius 3 is 2.50 bits per heavy atom. The molecule has 1 aromatic rings. The molecule has 102 valence electrons. The summed E-state index contributed by atoms with van der Waals surface area (Å²) in [4.78, 5) is 7.77. The van der Waals surface area contributed by atoms with Crippen LogP contribution in [0.5, 0.6) is 0 Å². The van der Waals surface area contributed by atoms with Gasteiger partial charge in [-0.05, 0) is 29.5 Å². The van der Waals surface area contributed by atoms with E-state index in [2.05, 4.69) is 15.3 Å². The van der Waals surface area contributed by atoms with Crippen LogP contribution in [0.15, 0.2) is 0 Å². The minimum absolute atomic E-state index is 0.157. The van der Waals surface area contributed by atoms with Gasteiger partial charge in [-0.3, -0.25) is 0 Å². The maximum absolute atomic E-state index is 12.3. The van der Waals surface area contributed by atoms with Crippen molar-refractivity contribution in [3.63, 3.8) is 0 Å². The van der Waals surface area contributed by atoms with Crippen molar-refractivity contribution in [3.05, 3.63) is 15.1 Å². The first-order chi connectivity index (χ1) is 8.37. The van der Waals surface area contributed by atoms with Crippen LogP contribution in [0, 0.1) is 3.57 Å². The molecule has 0 aliphatic carbocycles. The van der Waals surface area contributed by atoms with E-state index in [1.165, 1.54) is 7.11 Å². The molecule has 0 radical (unpaired) electrons. The van der Waals surface area contributed by atoms with Gasteiger partial charge in [0.25, 0.3) is 0 Å². The second-order valence-corrected chi connectivity index (χ2v) is 4.58. The molecule has 0 amide bonds. The molecule has 1 aromatic heterocycles. The van der Waals surface area contributed by atoms with Gasteiger partial charge in [0.15, 0.2) is 0 Å². The molecule has 0 fully saturated rings. The fourth-order valence-electron chi connectivity index (χ4n) is 1.32. The number of methoxy groups -OCH3 is 1. The van der Waals surface area contributed by atoms with E-state index in [-0.39, 0.29) is 12.4 Å². The molecular weight excluding hydrogens is 362 g/mol. The van der Waals surface area contributed by atoms with Crippen LogP contribution in [0.3, 0.4) is 0 Å². The Kier molecular flexibility index (Phi) is 5.57. The lowest BCUT2D eigenvalue weighted by atomic mass is 10.3. The van der Waals surface area contributed by atoms with Crippen molar-refractivity contribution in [1.82, 2.24) is 9.97 Å². The Balaban J connectivity index is 3.11. The normalized spacial score (nSPS) is 11.7. The van der Waals surface area contributed by atoms with Crippen molar-refractivity contribution in [2.75, 3.05) is 19.0 Å². The molecule has 4 nitrogen and oxygen atoms in total. The maximum atomic E-state index is 12.3. The van der Waals surface area contributed by atoms with E-state index in [9.17, 15) is 13.2 Å². The van der Waals surface area contributed by atoms with E-state index in [4.69, 9.17) is 4.74 Å². The maximum Gasteiger partial charge on any atom is 0.396 e. The zero-order valence-corrected chi connectivity index (χ0v) is 12.1. The molecule has 1 rings (SSSR count). The largest absolute Gasteiger partial charge is 0.396 e. The Hall–Kier alpha value is -0.640. The molecule has 18 heavy (non-hydrogen) atoms. The van der Waals surface area contributed by atoms with E-state index in [1.54, 1.807) is 0 Å². The number of alkyl halides is 3. The first-order valence-corrected chi connectivity index (χ1v) is 6.30. The van der Waals surface area contributed by atoms with Gasteiger partial charge in [-0.1, -0.05) is 0 Å². The lowest BCUT2D eigenvalue weighted by molar-refractivity contribution is -0.128. The topological polar surface area (TPSA) is 47.0 Å². The number of hydrogen-bond donors (Lipinski definition) is 1. The summed E-state index contributed by atoms with van der Waals surface area (Å²) in [6, 6.07) is 0. The summed E-state index contributed by atoms with van der Waals surface area (Å²) < 4.78 is 42.6. The lowest BCUT2D eigenvalue weighted by Gasteiger charge is -2.12. The third kappa shape index (κ3) is 4.56. The first-order valence-electron chi connectivity index (χ1n) is 5.22. The van der Waals surface area contributed by atoms with Crippen molar-refractivity contribution >= 4 is 28.4 Å². The third-order valence-electron chi connectivity index (χ3n) is 1.95. The molecule has 0 aliphatic rings. The summed E-state index contributed by atoms with van der Waals surface area (Å²) in [6.45, 7) is 2.58. The molecule has 1 N–H and O–H groups in total. The number of anilines is 1. The lowest BCUT2D eigenvalue weighted by Crippen LogP contribution is -2.17. The van der Waals surface area contributed by atoms with Crippen molar-refractivity contribution in [1.29, 1.82) is 0 Å². The Bertz CT molecular complexity index is 385. The van der Waals surface area contributed by atoms with Gasteiger partial charge in [0.05, 0.1) is 15.9 Å². The van der Waals surface area contributed by atoms with Crippen LogP contribution in [0.4, 0.5) is 19.0 Å². The number of nitrogens with one attached hydrogen (secondary N) is 1. The number of aromatic nitrogens is 2. The molecule has 0 atom stereocenters. The highest BCUT2D eigenvalue weighted by Crippen LogP contribution is 2.24. The fraction of sp³-hybridized carbons (Fsp3) is 0.600. The van der Waals surface area contributed by atoms with E-state index < -0.39 is 12.6 Å². The average Bonchev–Trinajstić information content (AvgIpc) is 2.23. The second kappa shape index (κ2) is 6.50. The van der Waals surface area contributed by atoms with Gasteiger partial charge < -0.3 is 10.1 Å². The molecule has 0 spiro atoms. The van der Waals surface area contributed by atoms with E-state index >= 15 is 0 Å². The number of halogens is 4. The molecule has 0 saturated carbocycles. The zero-order valence-electron chi connectivity index (χ0n) is 9.94. The number of hydrogen-bond acceptors (Lipinski definition) is 4. The molecule has 8 heteroatoms. The first kappa shape index (κ1) is 15.4. The minimum Gasteiger partial charge on any atom is -0.378 e. The zero-order chi connectivity index (χ0) is 13.8. The van der Waals surface area contributed by atoms with Gasteiger partial charge in [0, 0.05) is 13.7 Å². The number of nitrogens with zero attached hydrogens (tertiary/aromatic N) is 2. The van der Waals surface area contributed by atoms with E-state index in [0.717, 1.165) is 0 Å². The van der Waals surface area contributed by atoms with Crippen molar-refractivity contribution in [2.24, 2.45) is 0 Å². The Morgan fingerprint density at radius 2 is 2.00 bits per heavy atom. The highest BCUT2D eigenvalue weighted by molar-refractivity contribution is 14.1. The predicted molar refractivity (Wildman–Crippen MR) is 69.4 cm³/mol. The van der Waals surface area contributed by atoms with Crippen LogP contribution in [0.1, 0.15) is 18.4 Å². The van der Waals surface area contributed by atoms with Crippen LogP contribution in [0.2, 0.25) is 0 Å². The standard InChI is InChI=1S/C10H13F3IN3O/c1-3-15-9-8(14)6(5-18-2)16-7(17-9)4-10(11,12)13/h3-5H2,1-2H3,(H,15,16,17). The molecule has 0 aromatic carbocycles. The fourth-order valence-corrected chi connectivity index (χ4v) is 1.91. The Morgan fingerprint density at radius 1 is 1.33 bits per heavy atom. The van der Waals surface area contributed by atoms with Crippen molar-refractivity contribution < 1.29 is 17.9 Å². The van der Waals surface area contributed by atoms with Crippen LogP contribution >= 0.6 is 22.6 Å². The molecule has 1 heterocycles. The monoisotopic (exact) mass is 375 g/mol. The van der Waals surface area contributed by atoms with Crippen molar-refractivity contribution in [3.8, 4) is 0 Å². The van der Waals surface area contributed by atoms with Crippen LogP contribution in [-0.4, -0.2) is 29.8 Å². The SMILES string of the molecule is CCNc1nc(CC(F)(F)F)nc(COC)c1I. The van der Waals surface area contributed by atoms with Gasteiger partial charge in [0.2, 0.25) is 0 Å². The molecular formula is C10H13F3IN3O. The van der Waals surface area contributed by atoms with Crippen LogP contribution < -0.4 is 5.32 Å². The predicted octanol–water partition coefficient (Wildman–Crippen LogP) is 2.76. The van der Waals surface area contributed by atoms with Gasteiger partial charge >= 0.3 is 6.18 Å². The highest BCUT2D eigenvalue weighted by Gasteiger charge is 2.30. The number of ether oxygens (including phenoxy) is 1. The van der Waals surface area contributed by atoms with Crippen LogP contribution in [-0.2, 0) is 17.8 Å². The molecule has 0 bridgehead atoms. The quantitative estimate of drug-likeness (QED) is 0.805. The van der Waals surface area contributed by atoms with Gasteiger partial charge in [0.1, 0.15) is 18.1 Å². The van der Waals surface area contributed by atoms with Gasteiger partial charge in [-0.25, -0.2) is 9.97 Å². The summed E-state index contributed by atoms with van der Waals surface area (Å²) in [7, 11) is 1.47. The summed E-state index contributed by atoms with van der Waals surface area (Å²) in [5.41, 5.74) is 0.461. The molecule has 0 saturated heterocycles. The summed E-state index contributed by atoms with van der Waals surface area (Å²) in [6.07, 6.45) is -5.46. The third-order valence-corrected chi connectivity index (χ3v) is 3.08. The molecule has 0 unspecified atom stereocenters. The summed E-state index contributed by atoms with van der Waals surface area (Å²) in [5, 5.41) is 2.92. The summed E-state index contributed by atoms with van der Waals surface area (Å²) in [5.74, 6) is 0.172. The highest BCUT2D eigenvalue weighted by atomic mass is 127. The van der Waals surface area contributed by atoms with Crippen molar-refractivity contribution in [2.45, 2.75) is 26.1 Å². The van der Waals surface area contributed by atoms with E-state index in [1.807, 2.05) is 29.5 Å². The van der Waals surface area contributed by atoms with E-state index in [0.29, 0.717) is 21.6 Å². The summed E-state index contributed by atoms with van der Waals surface area (Å²) >= 11 is 1.99. The minimum atomic E-state index is -4.32.